The lowest BCUT2D eigenvalue weighted by Gasteiger charge is -2.23. The van der Waals surface area contributed by atoms with Crippen molar-refractivity contribution < 1.29 is 14.3 Å². The SMILES string of the molecule is COCCN(CCC(=O)Nc1nnc(-c2ccccc2)s1)C(=O)C(C)C. The molecule has 0 saturated carbocycles. The van der Waals surface area contributed by atoms with Gasteiger partial charge in [-0.3, -0.25) is 9.59 Å². The minimum Gasteiger partial charge on any atom is -0.383 e. The van der Waals surface area contributed by atoms with Crippen molar-refractivity contribution >= 4 is 28.3 Å². The second-order valence-corrected chi connectivity index (χ2v) is 7.03. The Balaban J connectivity index is 1.89. The molecule has 1 N–H and O–H groups in total. The number of carbonyl (C=O) groups is 2. The number of hydrogen-bond acceptors (Lipinski definition) is 6. The van der Waals surface area contributed by atoms with Crippen LogP contribution in [0.25, 0.3) is 10.6 Å². The monoisotopic (exact) mass is 376 g/mol. The molecule has 0 atom stereocenters. The topological polar surface area (TPSA) is 84.4 Å². The van der Waals surface area contributed by atoms with Crippen molar-refractivity contribution in [2.75, 3.05) is 32.1 Å². The molecule has 1 aromatic heterocycles. The molecule has 0 aliphatic heterocycles. The third kappa shape index (κ3) is 5.89. The third-order valence-corrected chi connectivity index (χ3v) is 4.56. The van der Waals surface area contributed by atoms with Crippen LogP contribution in [0.3, 0.4) is 0 Å². The number of carbonyl (C=O) groups excluding carboxylic acids is 2. The Morgan fingerprint density at radius 2 is 1.92 bits per heavy atom. The average molecular weight is 376 g/mol. The van der Waals surface area contributed by atoms with Gasteiger partial charge in [0, 0.05) is 38.1 Å². The van der Waals surface area contributed by atoms with Crippen molar-refractivity contribution in [3.63, 3.8) is 0 Å². The lowest BCUT2D eigenvalue weighted by atomic mass is 10.2. The van der Waals surface area contributed by atoms with Crippen LogP contribution in [-0.4, -0.2) is 53.7 Å². The Hall–Kier alpha value is -2.32. The van der Waals surface area contributed by atoms with E-state index in [1.54, 1.807) is 12.0 Å². The maximum atomic E-state index is 12.2. The summed E-state index contributed by atoms with van der Waals surface area (Å²) in [5, 5.41) is 12.1. The summed E-state index contributed by atoms with van der Waals surface area (Å²) in [4.78, 5) is 26.0. The molecule has 1 aromatic carbocycles. The van der Waals surface area contributed by atoms with Crippen LogP contribution in [0.2, 0.25) is 0 Å². The summed E-state index contributed by atoms with van der Waals surface area (Å²) in [6.45, 7) is 4.94. The van der Waals surface area contributed by atoms with Crippen LogP contribution in [0.1, 0.15) is 20.3 Å². The first-order chi connectivity index (χ1) is 12.5. The van der Waals surface area contributed by atoms with Crippen molar-refractivity contribution in [2.45, 2.75) is 20.3 Å². The zero-order valence-corrected chi connectivity index (χ0v) is 16.1. The lowest BCUT2D eigenvalue weighted by Crippen LogP contribution is -2.38. The third-order valence-electron chi connectivity index (χ3n) is 3.67. The van der Waals surface area contributed by atoms with Crippen molar-refractivity contribution in [1.82, 2.24) is 15.1 Å². The number of nitrogens with zero attached hydrogens (tertiary/aromatic N) is 3. The van der Waals surface area contributed by atoms with Crippen molar-refractivity contribution in [1.29, 1.82) is 0 Å². The highest BCUT2D eigenvalue weighted by molar-refractivity contribution is 7.18. The summed E-state index contributed by atoms with van der Waals surface area (Å²) in [5.74, 6) is -0.302. The summed E-state index contributed by atoms with van der Waals surface area (Å²) in [6, 6.07) is 9.67. The molecule has 0 saturated heterocycles. The van der Waals surface area contributed by atoms with E-state index in [0.29, 0.717) is 24.8 Å². The zero-order valence-electron chi connectivity index (χ0n) is 15.3. The number of methoxy groups -OCH3 is 1. The Bertz CT molecular complexity index is 718. The fourth-order valence-corrected chi connectivity index (χ4v) is 3.05. The predicted octanol–water partition coefficient (Wildman–Crippen LogP) is 2.66. The highest BCUT2D eigenvalue weighted by Gasteiger charge is 2.18. The van der Waals surface area contributed by atoms with Crippen LogP contribution in [0.5, 0.6) is 0 Å². The Morgan fingerprint density at radius 1 is 1.19 bits per heavy atom. The highest BCUT2D eigenvalue weighted by Crippen LogP contribution is 2.25. The quantitative estimate of drug-likeness (QED) is 0.727. The fourth-order valence-electron chi connectivity index (χ4n) is 2.29. The van der Waals surface area contributed by atoms with E-state index in [4.69, 9.17) is 4.74 Å². The van der Waals surface area contributed by atoms with Gasteiger partial charge in [-0.05, 0) is 0 Å². The molecule has 0 radical (unpaired) electrons. The molecule has 2 aromatic rings. The van der Waals surface area contributed by atoms with Crippen LogP contribution < -0.4 is 5.32 Å². The molecular weight excluding hydrogens is 352 g/mol. The van der Waals surface area contributed by atoms with Crippen molar-refractivity contribution in [3.05, 3.63) is 30.3 Å². The molecule has 140 valence electrons. The summed E-state index contributed by atoms with van der Waals surface area (Å²) in [5.41, 5.74) is 0.957. The van der Waals surface area contributed by atoms with Gasteiger partial charge in [0.25, 0.3) is 0 Å². The maximum absolute atomic E-state index is 12.2. The molecule has 8 heteroatoms. The minimum absolute atomic E-state index is 0.0112. The van der Waals surface area contributed by atoms with Crippen LogP contribution in [0, 0.1) is 5.92 Å². The van der Waals surface area contributed by atoms with Gasteiger partial charge in [0.2, 0.25) is 16.9 Å². The van der Waals surface area contributed by atoms with Gasteiger partial charge >= 0.3 is 0 Å². The number of aromatic nitrogens is 2. The number of ether oxygens (including phenoxy) is 1. The van der Waals surface area contributed by atoms with Crippen LogP contribution in [-0.2, 0) is 14.3 Å². The molecule has 0 fully saturated rings. The molecule has 0 unspecified atom stereocenters. The molecule has 2 rings (SSSR count). The molecule has 1 heterocycles. The second-order valence-electron chi connectivity index (χ2n) is 6.05. The van der Waals surface area contributed by atoms with E-state index in [1.807, 2.05) is 44.2 Å². The number of nitrogens with one attached hydrogen (secondary N) is 1. The second kappa shape index (κ2) is 9.98. The van der Waals surface area contributed by atoms with Gasteiger partial charge in [-0.15, -0.1) is 10.2 Å². The van der Waals surface area contributed by atoms with Gasteiger partial charge in [0.15, 0.2) is 0 Å². The summed E-state index contributed by atoms with van der Waals surface area (Å²) in [6.07, 6.45) is 0.197. The summed E-state index contributed by atoms with van der Waals surface area (Å²) < 4.78 is 5.04. The largest absolute Gasteiger partial charge is 0.383 e. The average Bonchev–Trinajstić information content (AvgIpc) is 3.10. The first-order valence-corrected chi connectivity index (χ1v) is 9.29. The number of benzene rings is 1. The van der Waals surface area contributed by atoms with Gasteiger partial charge in [-0.25, -0.2) is 0 Å². The standard InChI is InChI=1S/C18H24N4O3S/c1-13(2)17(24)22(11-12-25-3)10-9-15(23)19-18-21-20-16(26-18)14-7-5-4-6-8-14/h4-8,13H,9-12H2,1-3H3,(H,19,21,23). The van der Waals surface area contributed by atoms with E-state index < -0.39 is 0 Å². The van der Waals surface area contributed by atoms with Gasteiger partial charge in [-0.1, -0.05) is 55.5 Å². The van der Waals surface area contributed by atoms with Gasteiger partial charge in [-0.2, -0.15) is 0 Å². The minimum atomic E-state index is -0.195. The van der Waals surface area contributed by atoms with Crippen molar-refractivity contribution in [2.24, 2.45) is 5.92 Å². The van der Waals surface area contributed by atoms with E-state index in [-0.39, 0.29) is 24.2 Å². The van der Waals surface area contributed by atoms with Crippen molar-refractivity contribution in [3.8, 4) is 10.6 Å². The summed E-state index contributed by atoms with van der Waals surface area (Å²) >= 11 is 1.32. The molecule has 26 heavy (non-hydrogen) atoms. The zero-order chi connectivity index (χ0) is 18.9. The van der Waals surface area contributed by atoms with E-state index in [9.17, 15) is 9.59 Å². The van der Waals surface area contributed by atoms with Crippen LogP contribution >= 0.6 is 11.3 Å². The molecule has 0 bridgehead atoms. The molecular formula is C18H24N4O3S. The maximum Gasteiger partial charge on any atom is 0.227 e. The van der Waals surface area contributed by atoms with Crippen LogP contribution in [0.4, 0.5) is 5.13 Å². The Labute approximate surface area is 157 Å². The molecule has 0 aliphatic rings. The van der Waals surface area contributed by atoms with E-state index in [2.05, 4.69) is 15.5 Å². The number of anilines is 1. The first-order valence-electron chi connectivity index (χ1n) is 8.47. The highest BCUT2D eigenvalue weighted by atomic mass is 32.1. The Morgan fingerprint density at radius 3 is 2.58 bits per heavy atom. The lowest BCUT2D eigenvalue weighted by molar-refractivity contribution is -0.135. The molecule has 0 aliphatic carbocycles. The fraction of sp³-hybridized carbons (Fsp3) is 0.444. The van der Waals surface area contributed by atoms with E-state index >= 15 is 0 Å². The van der Waals surface area contributed by atoms with E-state index in [1.165, 1.54) is 11.3 Å². The van der Waals surface area contributed by atoms with Crippen LogP contribution in [0.15, 0.2) is 30.3 Å². The van der Waals surface area contributed by atoms with Gasteiger partial charge in [0.05, 0.1) is 6.61 Å². The smallest absolute Gasteiger partial charge is 0.227 e. The predicted molar refractivity (Wildman–Crippen MR) is 102 cm³/mol. The number of amides is 2. The van der Waals surface area contributed by atoms with E-state index in [0.717, 1.165) is 10.6 Å². The molecule has 0 spiro atoms. The first kappa shape index (κ1) is 20.0. The van der Waals surface area contributed by atoms with Gasteiger partial charge < -0.3 is 15.0 Å². The molecule has 2 amide bonds. The number of hydrogen-bond donors (Lipinski definition) is 1. The Kier molecular flexibility index (Phi) is 7.68. The number of rotatable bonds is 9. The summed E-state index contributed by atoms with van der Waals surface area (Å²) in [7, 11) is 1.59. The van der Waals surface area contributed by atoms with Gasteiger partial charge in [0.1, 0.15) is 5.01 Å². The molecule has 7 nitrogen and oxygen atoms in total. The normalized spacial score (nSPS) is 10.8.